The number of benzene rings is 1. The Labute approximate surface area is 107 Å². The largest absolute Gasteiger partial charge is 0.207 e. The predicted octanol–water partition coefficient (Wildman–Crippen LogP) is 4.87. The fraction of sp³-hybridized carbons (Fsp3) is 0.231. The summed E-state index contributed by atoms with van der Waals surface area (Å²) in [6, 6.07) is 6.94. The van der Waals surface area contributed by atoms with Crippen LogP contribution in [0.5, 0.6) is 0 Å². The van der Waals surface area contributed by atoms with Gasteiger partial charge in [0.2, 0.25) is 0 Å². The van der Waals surface area contributed by atoms with Crippen molar-refractivity contribution in [1.82, 2.24) is 0 Å². The second-order valence-electron chi connectivity index (χ2n) is 3.77. The number of hydrogen-bond donors (Lipinski definition) is 0. The lowest BCUT2D eigenvalue weighted by atomic mass is 10.0. The first kappa shape index (κ1) is 11.8. The number of thiophene rings is 1. The van der Waals surface area contributed by atoms with Crippen molar-refractivity contribution in [1.29, 1.82) is 0 Å². The number of halogens is 2. The van der Waals surface area contributed by atoms with E-state index in [1.165, 1.54) is 17.2 Å². The second-order valence-corrected chi connectivity index (χ2v) is 5.62. The van der Waals surface area contributed by atoms with Crippen LogP contribution in [0.15, 0.2) is 35.0 Å². The van der Waals surface area contributed by atoms with Gasteiger partial charge in [-0.3, -0.25) is 0 Å². The van der Waals surface area contributed by atoms with Crippen molar-refractivity contribution in [3.63, 3.8) is 0 Å². The molecule has 0 spiro atoms. The summed E-state index contributed by atoms with van der Waals surface area (Å²) in [5.74, 6) is -0.125. The molecule has 1 aromatic carbocycles. The maximum Gasteiger partial charge on any atom is 0.126 e. The van der Waals surface area contributed by atoms with Gasteiger partial charge < -0.3 is 0 Å². The van der Waals surface area contributed by atoms with Crippen molar-refractivity contribution in [2.24, 2.45) is 0 Å². The van der Waals surface area contributed by atoms with Gasteiger partial charge in [0.25, 0.3) is 0 Å². The summed E-state index contributed by atoms with van der Waals surface area (Å²) in [6.45, 7) is 2.08. The van der Waals surface area contributed by atoms with Gasteiger partial charge in [0, 0.05) is 4.83 Å². The highest BCUT2D eigenvalue weighted by Gasteiger charge is 2.13. The van der Waals surface area contributed by atoms with Crippen LogP contribution in [-0.4, -0.2) is 0 Å². The Morgan fingerprint density at radius 1 is 1.31 bits per heavy atom. The minimum atomic E-state index is -0.125. The van der Waals surface area contributed by atoms with Gasteiger partial charge in [-0.2, -0.15) is 11.3 Å². The van der Waals surface area contributed by atoms with Gasteiger partial charge in [-0.1, -0.05) is 34.1 Å². The Morgan fingerprint density at radius 2 is 2.06 bits per heavy atom. The molecule has 0 aliphatic carbocycles. The van der Waals surface area contributed by atoms with Crippen LogP contribution in [0.25, 0.3) is 0 Å². The molecule has 0 N–H and O–H groups in total. The van der Waals surface area contributed by atoms with E-state index in [2.05, 4.69) is 33.6 Å². The molecule has 0 saturated heterocycles. The normalized spacial score (nSPS) is 12.7. The van der Waals surface area contributed by atoms with E-state index in [1.807, 2.05) is 12.1 Å². The number of alkyl halides is 1. The number of aryl methyl sites for hydroxylation is 1. The van der Waals surface area contributed by atoms with Crippen molar-refractivity contribution in [2.45, 2.75) is 18.2 Å². The lowest BCUT2D eigenvalue weighted by molar-refractivity contribution is 0.608. The van der Waals surface area contributed by atoms with E-state index in [-0.39, 0.29) is 10.6 Å². The van der Waals surface area contributed by atoms with Crippen molar-refractivity contribution in [3.8, 4) is 0 Å². The summed E-state index contributed by atoms with van der Waals surface area (Å²) >= 11 is 5.31. The first-order valence-electron chi connectivity index (χ1n) is 5.08. The van der Waals surface area contributed by atoms with Crippen molar-refractivity contribution < 1.29 is 4.39 Å². The van der Waals surface area contributed by atoms with E-state index >= 15 is 0 Å². The average molecular weight is 299 g/mol. The maximum atomic E-state index is 13.5. The van der Waals surface area contributed by atoms with Crippen LogP contribution >= 0.6 is 27.3 Å². The molecule has 1 aromatic heterocycles. The zero-order chi connectivity index (χ0) is 11.5. The van der Waals surface area contributed by atoms with Crippen LogP contribution in [0.4, 0.5) is 4.39 Å². The van der Waals surface area contributed by atoms with Crippen LogP contribution in [0.1, 0.15) is 21.5 Å². The molecule has 0 bridgehead atoms. The van der Waals surface area contributed by atoms with Gasteiger partial charge in [-0.25, -0.2) is 4.39 Å². The van der Waals surface area contributed by atoms with Crippen molar-refractivity contribution in [2.75, 3.05) is 0 Å². The lowest BCUT2D eigenvalue weighted by Gasteiger charge is -2.10. The van der Waals surface area contributed by atoms with Crippen LogP contribution in [0, 0.1) is 12.7 Å². The summed E-state index contributed by atoms with van der Waals surface area (Å²) in [4.78, 5) is 0.190. The van der Waals surface area contributed by atoms with Gasteiger partial charge in [-0.15, -0.1) is 0 Å². The number of hydrogen-bond acceptors (Lipinski definition) is 1. The summed E-state index contributed by atoms with van der Waals surface area (Å²) in [6.07, 6.45) is 0.685. The van der Waals surface area contributed by atoms with Gasteiger partial charge >= 0.3 is 0 Å². The van der Waals surface area contributed by atoms with Crippen LogP contribution in [-0.2, 0) is 6.42 Å². The molecule has 0 aliphatic heterocycles. The third-order valence-corrected chi connectivity index (χ3v) is 4.29. The molecular weight excluding hydrogens is 287 g/mol. The van der Waals surface area contributed by atoms with Crippen LogP contribution in [0.3, 0.4) is 0 Å². The first-order chi connectivity index (χ1) is 7.68. The van der Waals surface area contributed by atoms with Gasteiger partial charge in [0.05, 0.1) is 0 Å². The Hall–Kier alpha value is -0.670. The minimum absolute atomic E-state index is 0.125. The molecule has 1 heterocycles. The molecule has 0 fully saturated rings. The van der Waals surface area contributed by atoms with E-state index in [4.69, 9.17) is 0 Å². The monoisotopic (exact) mass is 298 g/mol. The Morgan fingerprint density at radius 3 is 2.69 bits per heavy atom. The Balaban J connectivity index is 2.17. The highest BCUT2D eigenvalue weighted by atomic mass is 79.9. The van der Waals surface area contributed by atoms with Gasteiger partial charge in [0.15, 0.2) is 0 Å². The molecule has 84 valence electrons. The first-order valence-corrected chi connectivity index (χ1v) is 6.94. The smallest absolute Gasteiger partial charge is 0.126 e. The highest BCUT2D eigenvalue weighted by molar-refractivity contribution is 9.09. The van der Waals surface area contributed by atoms with Crippen molar-refractivity contribution >= 4 is 27.3 Å². The average Bonchev–Trinajstić information content (AvgIpc) is 2.68. The van der Waals surface area contributed by atoms with E-state index in [9.17, 15) is 4.39 Å². The predicted molar refractivity (Wildman–Crippen MR) is 70.8 cm³/mol. The van der Waals surface area contributed by atoms with E-state index < -0.39 is 0 Å². The molecule has 2 aromatic rings. The SMILES string of the molecule is Cc1cscc1C(Br)Cc1ccccc1F. The quantitative estimate of drug-likeness (QED) is 0.709. The second kappa shape index (κ2) is 5.11. The molecular formula is C13H12BrFS. The van der Waals surface area contributed by atoms with Gasteiger partial charge in [0.1, 0.15) is 5.82 Å². The molecule has 2 rings (SSSR count). The molecule has 0 nitrogen and oxygen atoms in total. The Bertz CT molecular complexity index is 478. The zero-order valence-corrected chi connectivity index (χ0v) is 11.3. The third kappa shape index (κ3) is 2.53. The maximum absolute atomic E-state index is 13.5. The highest BCUT2D eigenvalue weighted by Crippen LogP contribution is 2.32. The molecule has 1 unspecified atom stereocenters. The van der Waals surface area contributed by atoms with Crippen molar-refractivity contribution in [3.05, 3.63) is 57.5 Å². The fourth-order valence-electron chi connectivity index (χ4n) is 1.66. The number of rotatable bonds is 3. The van der Waals surface area contributed by atoms with E-state index in [0.29, 0.717) is 6.42 Å². The summed E-state index contributed by atoms with van der Waals surface area (Å²) in [7, 11) is 0. The summed E-state index contributed by atoms with van der Waals surface area (Å²) < 4.78 is 13.5. The van der Waals surface area contributed by atoms with Crippen LogP contribution < -0.4 is 0 Å². The molecule has 1 atom stereocenters. The molecule has 0 aliphatic rings. The van der Waals surface area contributed by atoms with Crippen LogP contribution in [0.2, 0.25) is 0 Å². The molecule has 16 heavy (non-hydrogen) atoms. The fourth-order valence-corrected chi connectivity index (χ4v) is 3.58. The van der Waals surface area contributed by atoms with E-state index in [1.54, 1.807) is 17.4 Å². The Kier molecular flexibility index (Phi) is 3.77. The topological polar surface area (TPSA) is 0 Å². The third-order valence-electron chi connectivity index (χ3n) is 2.59. The summed E-state index contributed by atoms with van der Waals surface area (Å²) in [5, 5.41) is 4.24. The minimum Gasteiger partial charge on any atom is -0.207 e. The molecule has 0 amide bonds. The zero-order valence-electron chi connectivity index (χ0n) is 8.91. The molecule has 3 heteroatoms. The van der Waals surface area contributed by atoms with Gasteiger partial charge in [-0.05, 0) is 46.9 Å². The molecule has 0 radical (unpaired) electrons. The standard InChI is InChI=1S/C13H12BrFS/c1-9-7-16-8-11(9)12(14)6-10-4-2-3-5-13(10)15/h2-5,7-8,12H,6H2,1H3. The lowest BCUT2D eigenvalue weighted by Crippen LogP contribution is -1.98. The molecule has 0 saturated carbocycles. The van der Waals surface area contributed by atoms with E-state index in [0.717, 1.165) is 5.56 Å². The summed E-state index contributed by atoms with van der Waals surface area (Å²) in [5.41, 5.74) is 3.28.